The number of aliphatic hydroxyl groups excluding tert-OH is 1. The lowest BCUT2D eigenvalue weighted by Crippen LogP contribution is -2.14. The second kappa shape index (κ2) is 4.88. The van der Waals surface area contributed by atoms with Crippen molar-refractivity contribution in [2.75, 3.05) is 6.61 Å². The third-order valence-electron chi connectivity index (χ3n) is 1.73. The Morgan fingerprint density at radius 2 is 1.86 bits per heavy atom. The lowest BCUT2D eigenvalue weighted by Gasteiger charge is -2.09. The summed E-state index contributed by atoms with van der Waals surface area (Å²) in [6.07, 6.45) is 0. The maximum Gasteiger partial charge on any atom is 0.387 e. The quantitative estimate of drug-likeness (QED) is 0.775. The molecule has 78 valence electrons. The van der Waals surface area contributed by atoms with Gasteiger partial charge in [-0.2, -0.15) is 8.78 Å². The molecule has 0 spiro atoms. The Morgan fingerprint density at radius 3 is 2.29 bits per heavy atom. The van der Waals surface area contributed by atoms with Crippen LogP contribution in [0.1, 0.15) is 11.6 Å². The maximum absolute atomic E-state index is 11.8. The van der Waals surface area contributed by atoms with Gasteiger partial charge in [-0.3, -0.25) is 0 Å². The van der Waals surface area contributed by atoms with Crippen LogP contribution in [0.15, 0.2) is 24.3 Å². The molecular formula is C9H11F2NO2. The summed E-state index contributed by atoms with van der Waals surface area (Å²) in [6.45, 7) is -3.01. The number of alkyl halides is 2. The molecule has 5 heteroatoms. The van der Waals surface area contributed by atoms with Crippen molar-refractivity contribution >= 4 is 0 Å². The predicted octanol–water partition coefficient (Wildman–Crippen LogP) is 1.28. The van der Waals surface area contributed by atoms with E-state index in [0.717, 1.165) is 0 Å². The van der Waals surface area contributed by atoms with Gasteiger partial charge >= 0.3 is 6.61 Å². The SMILES string of the molecule is N[C@H](CO)c1ccc(OC(F)F)cc1. The van der Waals surface area contributed by atoms with Crippen LogP contribution in [0.4, 0.5) is 8.78 Å². The van der Waals surface area contributed by atoms with Gasteiger partial charge in [0.25, 0.3) is 0 Å². The van der Waals surface area contributed by atoms with Crippen LogP contribution in [-0.2, 0) is 0 Å². The van der Waals surface area contributed by atoms with Crippen molar-refractivity contribution in [3.05, 3.63) is 29.8 Å². The zero-order valence-corrected chi connectivity index (χ0v) is 7.36. The first kappa shape index (κ1) is 10.9. The number of hydrogen-bond donors (Lipinski definition) is 2. The Balaban J connectivity index is 2.68. The molecule has 0 aliphatic rings. The van der Waals surface area contributed by atoms with Crippen molar-refractivity contribution in [1.82, 2.24) is 0 Å². The van der Waals surface area contributed by atoms with E-state index in [4.69, 9.17) is 10.8 Å². The van der Waals surface area contributed by atoms with Crippen LogP contribution in [0.5, 0.6) is 5.75 Å². The first-order chi connectivity index (χ1) is 6.63. The van der Waals surface area contributed by atoms with Gasteiger partial charge in [-0.25, -0.2) is 0 Å². The van der Waals surface area contributed by atoms with Crippen LogP contribution in [-0.4, -0.2) is 18.3 Å². The highest BCUT2D eigenvalue weighted by molar-refractivity contribution is 5.29. The Bertz CT molecular complexity index is 277. The minimum absolute atomic E-state index is 0.0777. The van der Waals surface area contributed by atoms with Crippen molar-refractivity contribution in [2.45, 2.75) is 12.7 Å². The molecule has 0 aromatic heterocycles. The van der Waals surface area contributed by atoms with E-state index in [9.17, 15) is 8.78 Å². The fourth-order valence-corrected chi connectivity index (χ4v) is 1.00. The van der Waals surface area contributed by atoms with E-state index in [1.54, 1.807) is 12.1 Å². The number of benzene rings is 1. The van der Waals surface area contributed by atoms with Gasteiger partial charge in [0, 0.05) is 0 Å². The molecule has 0 heterocycles. The Kier molecular flexibility index (Phi) is 3.79. The van der Waals surface area contributed by atoms with Crippen LogP contribution in [0, 0.1) is 0 Å². The Hall–Kier alpha value is -1.20. The van der Waals surface area contributed by atoms with Crippen LogP contribution in [0.25, 0.3) is 0 Å². The fraction of sp³-hybridized carbons (Fsp3) is 0.333. The van der Waals surface area contributed by atoms with Gasteiger partial charge in [-0.15, -0.1) is 0 Å². The summed E-state index contributed by atoms with van der Waals surface area (Å²) in [5.41, 5.74) is 6.18. The molecule has 1 aromatic carbocycles. The molecule has 0 bridgehead atoms. The molecule has 1 rings (SSSR count). The van der Waals surface area contributed by atoms with E-state index in [1.165, 1.54) is 12.1 Å². The molecule has 3 N–H and O–H groups in total. The summed E-state index contributed by atoms with van der Waals surface area (Å²) >= 11 is 0. The summed E-state index contributed by atoms with van der Waals surface area (Å²) in [5.74, 6) is 0.0777. The normalized spacial score (nSPS) is 12.9. The zero-order chi connectivity index (χ0) is 10.6. The molecule has 0 saturated heterocycles. The highest BCUT2D eigenvalue weighted by atomic mass is 19.3. The molecule has 1 aromatic rings. The van der Waals surface area contributed by atoms with Gasteiger partial charge in [0.1, 0.15) is 5.75 Å². The molecule has 0 amide bonds. The molecule has 0 aliphatic carbocycles. The van der Waals surface area contributed by atoms with Crippen molar-refractivity contribution in [1.29, 1.82) is 0 Å². The molecular weight excluding hydrogens is 192 g/mol. The van der Waals surface area contributed by atoms with Crippen LogP contribution < -0.4 is 10.5 Å². The minimum atomic E-state index is -2.83. The van der Waals surface area contributed by atoms with E-state index in [2.05, 4.69) is 4.74 Å². The van der Waals surface area contributed by atoms with E-state index in [1.807, 2.05) is 0 Å². The topological polar surface area (TPSA) is 55.5 Å². The fourth-order valence-electron chi connectivity index (χ4n) is 1.00. The third-order valence-corrected chi connectivity index (χ3v) is 1.73. The van der Waals surface area contributed by atoms with Crippen molar-refractivity contribution in [2.24, 2.45) is 5.73 Å². The number of aliphatic hydroxyl groups is 1. The van der Waals surface area contributed by atoms with E-state index >= 15 is 0 Å². The highest BCUT2D eigenvalue weighted by Crippen LogP contribution is 2.17. The van der Waals surface area contributed by atoms with E-state index in [0.29, 0.717) is 5.56 Å². The highest BCUT2D eigenvalue weighted by Gasteiger charge is 2.06. The maximum atomic E-state index is 11.8. The number of halogens is 2. The lowest BCUT2D eigenvalue weighted by molar-refractivity contribution is -0.0498. The average molecular weight is 203 g/mol. The van der Waals surface area contributed by atoms with Gasteiger partial charge < -0.3 is 15.6 Å². The van der Waals surface area contributed by atoms with Gasteiger partial charge in [0.2, 0.25) is 0 Å². The third kappa shape index (κ3) is 2.93. The number of hydrogen-bond acceptors (Lipinski definition) is 3. The molecule has 0 radical (unpaired) electrons. The van der Waals surface area contributed by atoms with Gasteiger partial charge in [0.05, 0.1) is 12.6 Å². The molecule has 1 atom stereocenters. The largest absolute Gasteiger partial charge is 0.435 e. The lowest BCUT2D eigenvalue weighted by atomic mass is 10.1. The number of rotatable bonds is 4. The minimum Gasteiger partial charge on any atom is -0.435 e. The van der Waals surface area contributed by atoms with Crippen molar-refractivity contribution < 1.29 is 18.6 Å². The summed E-state index contributed by atoms with van der Waals surface area (Å²) in [5, 5.41) is 8.73. The summed E-state index contributed by atoms with van der Waals surface area (Å²) in [7, 11) is 0. The van der Waals surface area contributed by atoms with Crippen molar-refractivity contribution in [3.8, 4) is 5.75 Å². The molecule has 0 saturated carbocycles. The smallest absolute Gasteiger partial charge is 0.387 e. The van der Waals surface area contributed by atoms with Crippen molar-refractivity contribution in [3.63, 3.8) is 0 Å². The first-order valence-electron chi connectivity index (χ1n) is 4.04. The monoisotopic (exact) mass is 203 g/mol. The summed E-state index contributed by atoms with van der Waals surface area (Å²) < 4.78 is 27.7. The predicted molar refractivity (Wildman–Crippen MR) is 47.1 cm³/mol. The summed E-state index contributed by atoms with van der Waals surface area (Å²) in [4.78, 5) is 0. The van der Waals surface area contributed by atoms with Crippen LogP contribution in [0.2, 0.25) is 0 Å². The molecule has 3 nitrogen and oxygen atoms in total. The second-order valence-corrected chi connectivity index (χ2v) is 2.74. The Morgan fingerprint density at radius 1 is 1.29 bits per heavy atom. The average Bonchev–Trinajstić information content (AvgIpc) is 2.17. The van der Waals surface area contributed by atoms with Gasteiger partial charge in [-0.1, -0.05) is 12.1 Å². The number of ether oxygens (including phenoxy) is 1. The molecule has 0 aliphatic heterocycles. The van der Waals surface area contributed by atoms with Gasteiger partial charge in [-0.05, 0) is 17.7 Å². The summed E-state index contributed by atoms with van der Waals surface area (Å²) in [6, 6.07) is 5.36. The van der Waals surface area contributed by atoms with Gasteiger partial charge in [0.15, 0.2) is 0 Å². The molecule has 0 fully saturated rings. The van der Waals surface area contributed by atoms with Crippen LogP contribution in [0.3, 0.4) is 0 Å². The second-order valence-electron chi connectivity index (χ2n) is 2.74. The van der Waals surface area contributed by atoms with Crippen LogP contribution >= 0.6 is 0 Å². The Labute approximate surface area is 80.1 Å². The number of nitrogens with two attached hydrogens (primary N) is 1. The first-order valence-corrected chi connectivity index (χ1v) is 4.04. The van der Waals surface area contributed by atoms with E-state index in [-0.39, 0.29) is 12.4 Å². The van der Waals surface area contributed by atoms with E-state index < -0.39 is 12.7 Å². The standard InChI is InChI=1S/C9H11F2NO2/c10-9(11)14-7-3-1-6(2-4-7)8(12)5-13/h1-4,8-9,13H,5,12H2/t8-/m1/s1. The molecule has 0 unspecified atom stereocenters. The zero-order valence-electron chi connectivity index (χ0n) is 7.36. The molecule has 14 heavy (non-hydrogen) atoms.